The van der Waals surface area contributed by atoms with Gasteiger partial charge in [-0.1, -0.05) is 26.0 Å². The summed E-state index contributed by atoms with van der Waals surface area (Å²) in [7, 11) is 0. The summed E-state index contributed by atoms with van der Waals surface area (Å²) in [6, 6.07) is 8.33. The van der Waals surface area contributed by atoms with E-state index in [-0.39, 0.29) is 12.5 Å². The maximum absolute atomic E-state index is 12.6. The Morgan fingerprint density at radius 2 is 1.95 bits per heavy atom. The molecule has 1 aromatic rings. The number of carbonyl (C=O) groups is 1. The molecule has 0 aromatic heterocycles. The Bertz CT molecular complexity index is 435. The molecule has 0 bridgehead atoms. The third kappa shape index (κ3) is 3.40. The highest BCUT2D eigenvalue weighted by atomic mass is 16.3. The number of rotatable bonds is 6. The lowest BCUT2D eigenvalue weighted by Crippen LogP contribution is -2.44. The quantitative estimate of drug-likeness (QED) is 0.866. The van der Waals surface area contributed by atoms with Crippen LogP contribution in [-0.2, 0) is 0 Å². The molecule has 3 nitrogen and oxygen atoms in total. The van der Waals surface area contributed by atoms with Crippen molar-refractivity contribution in [3.63, 3.8) is 0 Å². The van der Waals surface area contributed by atoms with E-state index in [1.165, 1.54) is 12.0 Å². The summed E-state index contributed by atoms with van der Waals surface area (Å²) < 4.78 is 0. The van der Waals surface area contributed by atoms with Gasteiger partial charge in [0, 0.05) is 24.8 Å². The molecule has 20 heavy (non-hydrogen) atoms. The number of aliphatic hydroxyl groups excluding tert-OH is 1. The third-order valence-electron chi connectivity index (χ3n) is 4.16. The molecule has 0 spiro atoms. The summed E-state index contributed by atoms with van der Waals surface area (Å²) >= 11 is 0. The summed E-state index contributed by atoms with van der Waals surface area (Å²) in [5.41, 5.74) is 2.02. The average Bonchev–Trinajstić information content (AvgIpc) is 2.40. The largest absolute Gasteiger partial charge is 0.396 e. The summed E-state index contributed by atoms with van der Waals surface area (Å²) in [6.45, 7) is 5.10. The van der Waals surface area contributed by atoms with Crippen LogP contribution < -0.4 is 0 Å². The van der Waals surface area contributed by atoms with Crippen LogP contribution in [0.3, 0.4) is 0 Å². The smallest absolute Gasteiger partial charge is 0.254 e. The number of hydrogen-bond acceptors (Lipinski definition) is 2. The Balaban J connectivity index is 2.09. The Morgan fingerprint density at radius 1 is 1.30 bits per heavy atom. The first-order chi connectivity index (χ1) is 9.63. The van der Waals surface area contributed by atoms with Gasteiger partial charge in [-0.3, -0.25) is 4.79 Å². The average molecular weight is 275 g/mol. The molecule has 0 saturated heterocycles. The van der Waals surface area contributed by atoms with Crippen molar-refractivity contribution in [3.05, 3.63) is 35.4 Å². The van der Waals surface area contributed by atoms with E-state index in [2.05, 4.69) is 13.8 Å². The highest BCUT2D eigenvalue weighted by molar-refractivity contribution is 5.94. The van der Waals surface area contributed by atoms with Crippen LogP contribution in [0.4, 0.5) is 0 Å². The summed E-state index contributed by atoms with van der Waals surface area (Å²) in [5.74, 6) is 0.592. The van der Waals surface area contributed by atoms with Crippen molar-refractivity contribution in [2.24, 2.45) is 0 Å². The molecule has 1 amide bonds. The molecular formula is C17H25NO2. The molecule has 0 unspecified atom stereocenters. The minimum absolute atomic E-state index is 0.110. The van der Waals surface area contributed by atoms with Gasteiger partial charge in [-0.2, -0.15) is 0 Å². The molecule has 1 aliphatic carbocycles. The Hall–Kier alpha value is -1.35. The first kappa shape index (κ1) is 15.0. The Morgan fingerprint density at radius 3 is 2.40 bits per heavy atom. The molecule has 0 radical (unpaired) electrons. The van der Waals surface area contributed by atoms with E-state index < -0.39 is 0 Å². The number of benzene rings is 1. The van der Waals surface area contributed by atoms with Gasteiger partial charge in [-0.25, -0.2) is 0 Å². The first-order valence-corrected chi connectivity index (χ1v) is 7.65. The van der Waals surface area contributed by atoms with Crippen LogP contribution in [0.5, 0.6) is 0 Å². The van der Waals surface area contributed by atoms with Gasteiger partial charge in [-0.15, -0.1) is 0 Å². The fraction of sp³-hybridized carbons (Fsp3) is 0.588. The number of hydrogen-bond donors (Lipinski definition) is 1. The fourth-order valence-corrected chi connectivity index (χ4v) is 2.57. The van der Waals surface area contributed by atoms with Gasteiger partial charge < -0.3 is 10.0 Å². The van der Waals surface area contributed by atoms with Crippen LogP contribution in [0.15, 0.2) is 24.3 Å². The zero-order valence-corrected chi connectivity index (χ0v) is 12.5. The van der Waals surface area contributed by atoms with E-state index in [9.17, 15) is 4.79 Å². The van der Waals surface area contributed by atoms with Gasteiger partial charge in [0.05, 0.1) is 0 Å². The summed E-state index contributed by atoms with van der Waals surface area (Å²) in [4.78, 5) is 14.6. The van der Waals surface area contributed by atoms with Gasteiger partial charge in [0.25, 0.3) is 5.91 Å². The van der Waals surface area contributed by atoms with E-state index in [1.807, 2.05) is 29.2 Å². The molecule has 2 rings (SSSR count). The lowest BCUT2D eigenvalue weighted by atomic mass is 9.90. The normalized spacial score (nSPS) is 15.2. The number of aliphatic hydroxyl groups is 1. The van der Waals surface area contributed by atoms with Gasteiger partial charge in [-0.05, 0) is 49.3 Å². The van der Waals surface area contributed by atoms with E-state index in [4.69, 9.17) is 5.11 Å². The highest BCUT2D eigenvalue weighted by Gasteiger charge is 2.28. The van der Waals surface area contributed by atoms with Crippen molar-refractivity contribution in [2.45, 2.75) is 51.5 Å². The van der Waals surface area contributed by atoms with E-state index >= 15 is 0 Å². The standard InChI is InChI=1S/C17H25NO2/c1-13(2)14-7-9-15(10-8-14)17(20)18(11-4-12-19)16-5-3-6-16/h7-10,13,16,19H,3-6,11-12H2,1-2H3. The van der Waals surface area contributed by atoms with E-state index in [1.54, 1.807) is 0 Å². The van der Waals surface area contributed by atoms with Crippen molar-refractivity contribution in [3.8, 4) is 0 Å². The lowest BCUT2D eigenvalue weighted by molar-refractivity contribution is 0.0562. The van der Waals surface area contributed by atoms with Crippen LogP contribution in [-0.4, -0.2) is 35.1 Å². The monoisotopic (exact) mass is 275 g/mol. The molecule has 0 aliphatic heterocycles. The number of nitrogens with zero attached hydrogens (tertiary/aromatic N) is 1. The van der Waals surface area contributed by atoms with Crippen molar-refractivity contribution < 1.29 is 9.90 Å². The summed E-state index contributed by atoms with van der Waals surface area (Å²) in [6.07, 6.45) is 4.06. The predicted octanol–water partition coefficient (Wildman–Crippen LogP) is 3.19. The zero-order valence-electron chi connectivity index (χ0n) is 12.5. The Kier molecular flexibility index (Phi) is 5.18. The zero-order chi connectivity index (χ0) is 14.5. The third-order valence-corrected chi connectivity index (χ3v) is 4.16. The molecule has 0 heterocycles. The molecule has 1 fully saturated rings. The van der Waals surface area contributed by atoms with Crippen LogP contribution >= 0.6 is 0 Å². The molecule has 1 N–H and O–H groups in total. The van der Waals surface area contributed by atoms with E-state index in [0.717, 1.165) is 18.4 Å². The minimum Gasteiger partial charge on any atom is -0.396 e. The Labute approximate surface area is 121 Å². The van der Waals surface area contributed by atoms with Crippen molar-refractivity contribution in [1.29, 1.82) is 0 Å². The molecule has 0 atom stereocenters. The fourth-order valence-electron chi connectivity index (χ4n) is 2.57. The SMILES string of the molecule is CC(C)c1ccc(C(=O)N(CCCO)C2CCC2)cc1. The van der Waals surface area contributed by atoms with Crippen LogP contribution in [0, 0.1) is 0 Å². The maximum Gasteiger partial charge on any atom is 0.254 e. The minimum atomic E-state index is 0.110. The molecule has 3 heteroatoms. The second-order valence-corrected chi connectivity index (χ2v) is 5.94. The molecule has 1 aromatic carbocycles. The number of carbonyl (C=O) groups excluding carboxylic acids is 1. The first-order valence-electron chi connectivity index (χ1n) is 7.65. The molecule has 1 aliphatic rings. The van der Waals surface area contributed by atoms with Crippen molar-refractivity contribution >= 4 is 5.91 Å². The summed E-state index contributed by atoms with van der Waals surface area (Å²) in [5, 5.41) is 9.00. The van der Waals surface area contributed by atoms with Gasteiger partial charge in [0.15, 0.2) is 0 Å². The second kappa shape index (κ2) is 6.89. The van der Waals surface area contributed by atoms with Gasteiger partial charge in [0.2, 0.25) is 0 Å². The molecule has 1 saturated carbocycles. The highest BCUT2D eigenvalue weighted by Crippen LogP contribution is 2.26. The predicted molar refractivity (Wildman–Crippen MR) is 80.9 cm³/mol. The molecule has 110 valence electrons. The lowest BCUT2D eigenvalue weighted by Gasteiger charge is -2.37. The number of amides is 1. The van der Waals surface area contributed by atoms with Crippen LogP contribution in [0.2, 0.25) is 0 Å². The molecular weight excluding hydrogens is 250 g/mol. The van der Waals surface area contributed by atoms with Crippen molar-refractivity contribution in [2.75, 3.05) is 13.2 Å². The van der Waals surface area contributed by atoms with Crippen molar-refractivity contribution in [1.82, 2.24) is 4.90 Å². The van der Waals surface area contributed by atoms with Crippen LogP contribution in [0.25, 0.3) is 0 Å². The maximum atomic E-state index is 12.6. The second-order valence-electron chi connectivity index (χ2n) is 5.94. The van der Waals surface area contributed by atoms with Gasteiger partial charge in [0.1, 0.15) is 0 Å². The van der Waals surface area contributed by atoms with Crippen LogP contribution in [0.1, 0.15) is 61.4 Å². The topological polar surface area (TPSA) is 40.5 Å². The van der Waals surface area contributed by atoms with E-state index in [0.29, 0.717) is 24.9 Å². The van der Waals surface area contributed by atoms with Gasteiger partial charge >= 0.3 is 0 Å².